The Hall–Kier alpha value is -2.90. The molecular weight excluding hydrogens is 318 g/mol. The number of primary amides is 1. The van der Waals surface area contributed by atoms with Crippen LogP contribution in [0.25, 0.3) is 0 Å². The van der Waals surface area contributed by atoms with Gasteiger partial charge < -0.3 is 19.9 Å². The summed E-state index contributed by atoms with van der Waals surface area (Å²) in [4.78, 5) is 47.6. The van der Waals surface area contributed by atoms with Gasteiger partial charge in [-0.25, -0.2) is 4.79 Å². The summed E-state index contributed by atoms with van der Waals surface area (Å²) in [5.74, 6) is -6.31. The zero-order valence-corrected chi connectivity index (χ0v) is 13.2. The van der Waals surface area contributed by atoms with Crippen molar-refractivity contribution in [3.8, 4) is 0 Å². The van der Waals surface area contributed by atoms with Crippen LogP contribution in [0.5, 0.6) is 0 Å². The molecule has 0 spiro atoms. The van der Waals surface area contributed by atoms with Crippen molar-refractivity contribution in [2.24, 2.45) is 11.7 Å². The number of hydrogen-bond donors (Lipinski definition) is 1. The van der Waals surface area contributed by atoms with E-state index in [0.717, 1.165) is 0 Å². The summed E-state index contributed by atoms with van der Waals surface area (Å²) in [6.45, 7) is 2.73. The molecule has 1 aliphatic heterocycles. The van der Waals surface area contributed by atoms with Crippen LogP contribution in [0.15, 0.2) is 30.3 Å². The van der Waals surface area contributed by atoms with Gasteiger partial charge in [-0.2, -0.15) is 0 Å². The predicted octanol–water partition coefficient (Wildman–Crippen LogP) is 0.714. The summed E-state index contributed by atoms with van der Waals surface area (Å²) in [7, 11) is 0. The summed E-state index contributed by atoms with van der Waals surface area (Å²) in [5.41, 5.74) is 5.64. The normalized spacial score (nSPS) is 18.2. The fourth-order valence-electron chi connectivity index (χ4n) is 2.31. The van der Waals surface area contributed by atoms with Gasteiger partial charge in [0, 0.05) is 20.3 Å². The lowest BCUT2D eigenvalue weighted by atomic mass is 9.94. The maximum absolute atomic E-state index is 12.5. The van der Waals surface area contributed by atoms with Crippen molar-refractivity contribution in [1.82, 2.24) is 0 Å². The van der Waals surface area contributed by atoms with E-state index in [1.54, 1.807) is 30.3 Å². The SMILES string of the molecule is CC1(C)OC(=O)C(C(=O)C(Cc2ccccc2)OC(N)=O)C(=O)O1. The van der Waals surface area contributed by atoms with Gasteiger partial charge in [-0.3, -0.25) is 14.4 Å². The molecule has 128 valence electrons. The monoisotopic (exact) mass is 335 g/mol. The zero-order valence-electron chi connectivity index (χ0n) is 13.2. The molecule has 0 aliphatic carbocycles. The third kappa shape index (κ3) is 4.09. The lowest BCUT2D eigenvalue weighted by Crippen LogP contribution is -2.52. The van der Waals surface area contributed by atoms with E-state index in [9.17, 15) is 19.2 Å². The number of esters is 2. The van der Waals surface area contributed by atoms with Crippen molar-refractivity contribution in [2.75, 3.05) is 0 Å². The van der Waals surface area contributed by atoms with Crippen molar-refractivity contribution in [1.29, 1.82) is 0 Å². The van der Waals surface area contributed by atoms with E-state index >= 15 is 0 Å². The van der Waals surface area contributed by atoms with Crippen LogP contribution in [0.4, 0.5) is 4.79 Å². The highest BCUT2D eigenvalue weighted by atomic mass is 16.7. The van der Waals surface area contributed by atoms with Crippen LogP contribution >= 0.6 is 0 Å². The third-order valence-electron chi connectivity index (χ3n) is 3.29. The average molecular weight is 335 g/mol. The minimum Gasteiger partial charge on any atom is -0.438 e. The molecule has 0 radical (unpaired) electrons. The first-order valence-electron chi connectivity index (χ1n) is 7.19. The first-order chi connectivity index (χ1) is 11.2. The van der Waals surface area contributed by atoms with E-state index in [4.69, 9.17) is 19.9 Å². The lowest BCUT2D eigenvalue weighted by molar-refractivity contribution is -0.239. The number of amides is 1. The molecule has 1 aromatic rings. The second-order valence-electron chi connectivity index (χ2n) is 5.69. The molecule has 1 unspecified atom stereocenters. The number of Topliss-reactive ketones (excluding diaryl/α,β-unsaturated/α-hetero) is 1. The summed E-state index contributed by atoms with van der Waals surface area (Å²) in [6.07, 6.45) is -2.64. The van der Waals surface area contributed by atoms with Gasteiger partial charge in [-0.1, -0.05) is 30.3 Å². The van der Waals surface area contributed by atoms with Crippen molar-refractivity contribution in [3.63, 3.8) is 0 Å². The molecule has 2 rings (SSSR count). The standard InChI is InChI=1S/C16H17NO7/c1-16(2)23-13(19)11(14(20)24-16)12(18)10(22-15(17)21)8-9-6-4-3-5-7-9/h3-7,10-11H,8H2,1-2H3,(H2,17,21). The molecule has 0 aromatic heterocycles. The Morgan fingerprint density at radius 2 is 1.71 bits per heavy atom. The summed E-state index contributed by atoms with van der Waals surface area (Å²) in [5, 5.41) is 0. The number of benzene rings is 1. The van der Waals surface area contributed by atoms with Gasteiger partial charge >= 0.3 is 18.0 Å². The van der Waals surface area contributed by atoms with Gasteiger partial charge in [0.05, 0.1) is 0 Å². The van der Waals surface area contributed by atoms with Gasteiger partial charge in [0.2, 0.25) is 5.92 Å². The molecule has 1 fully saturated rings. The van der Waals surface area contributed by atoms with E-state index in [0.29, 0.717) is 5.56 Å². The van der Waals surface area contributed by atoms with Gasteiger partial charge in [0.15, 0.2) is 11.9 Å². The Kier molecular flexibility index (Phi) is 4.87. The van der Waals surface area contributed by atoms with Crippen molar-refractivity contribution < 1.29 is 33.4 Å². The first-order valence-corrected chi connectivity index (χ1v) is 7.19. The first kappa shape index (κ1) is 17.5. The molecule has 8 heteroatoms. The van der Waals surface area contributed by atoms with E-state index in [1.807, 2.05) is 0 Å². The van der Waals surface area contributed by atoms with Crippen LogP contribution in [0.2, 0.25) is 0 Å². The van der Waals surface area contributed by atoms with E-state index in [1.165, 1.54) is 13.8 Å². The van der Waals surface area contributed by atoms with Gasteiger partial charge in [-0.15, -0.1) is 0 Å². The second kappa shape index (κ2) is 6.69. The minimum atomic E-state index is -1.81. The Labute approximate surface area is 137 Å². The average Bonchev–Trinajstić information content (AvgIpc) is 2.45. The number of carbonyl (C=O) groups is 4. The fraction of sp³-hybridized carbons (Fsp3) is 0.375. The molecule has 24 heavy (non-hydrogen) atoms. The van der Waals surface area contributed by atoms with Crippen molar-refractivity contribution in [2.45, 2.75) is 32.2 Å². The van der Waals surface area contributed by atoms with Crippen LogP contribution in [0, 0.1) is 5.92 Å². The molecule has 1 saturated heterocycles. The van der Waals surface area contributed by atoms with Gasteiger partial charge in [0.25, 0.3) is 5.79 Å². The van der Waals surface area contributed by atoms with Gasteiger partial charge in [-0.05, 0) is 5.56 Å². The van der Waals surface area contributed by atoms with Crippen LogP contribution in [-0.4, -0.2) is 35.7 Å². The number of cyclic esters (lactones) is 2. The molecule has 2 N–H and O–H groups in total. The van der Waals surface area contributed by atoms with Crippen LogP contribution < -0.4 is 5.73 Å². The van der Waals surface area contributed by atoms with E-state index < -0.39 is 41.6 Å². The number of ketones is 1. The highest BCUT2D eigenvalue weighted by Gasteiger charge is 2.49. The molecular formula is C16H17NO7. The number of nitrogens with two attached hydrogens (primary N) is 1. The summed E-state index contributed by atoms with van der Waals surface area (Å²) in [6, 6.07) is 8.63. The number of ether oxygens (including phenoxy) is 3. The lowest BCUT2D eigenvalue weighted by Gasteiger charge is -2.33. The molecule has 1 aliphatic rings. The molecule has 1 amide bonds. The van der Waals surface area contributed by atoms with Crippen LogP contribution in [0.1, 0.15) is 19.4 Å². The molecule has 8 nitrogen and oxygen atoms in total. The number of carbonyl (C=O) groups excluding carboxylic acids is 4. The maximum Gasteiger partial charge on any atom is 0.405 e. The molecule has 1 aromatic carbocycles. The smallest absolute Gasteiger partial charge is 0.405 e. The second-order valence-corrected chi connectivity index (χ2v) is 5.69. The Morgan fingerprint density at radius 1 is 1.17 bits per heavy atom. The molecule has 0 bridgehead atoms. The quantitative estimate of drug-likeness (QED) is 0.621. The van der Waals surface area contributed by atoms with Crippen LogP contribution in [0.3, 0.4) is 0 Å². The Balaban J connectivity index is 2.22. The summed E-state index contributed by atoms with van der Waals surface area (Å²) >= 11 is 0. The molecule has 1 heterocycles. The fourth-order valence-corrected chi connectivity index (χ4v) is 2.31. The van der Waals surface area contributed by atoms with Gasteiger partial charge in [0.1, 0.15) is 0 Å². The third-order valence-corrected chi connectivity index (χ3v) is 3.29. The maximum atomic E-state index is 12.5. The number of rotatable bonds is 5. The Bertz CT molecular complexity index is 648. The van der Waals surface area contributed by atoms with Crippen molar-refractivity contribution in [3.05, 3.63) is 35.9 Å². The highest BCUT2D eigenvalue weighted by molar-refractivity contribution is 6.17. The molecule has 0 saturated carbocycles. The molecule has 1 atom stereocenters. The highest BCUT2D eigenvalue weighted by Crippen LogP contribution is 2.25. The number of hydrogen-bond acceptors (Lipinski definition) is 7. The largest absolute Gasteiger partial charge is 0.438 e. The van der Waals surface area contributed by atoms with Crippen LogP contribution in [-0.2, 0) is 35.0 Å². The topological polar surface area (TPSA) is 122 Å². The van der Waals surface area contributed by atoms with E-state index in [-0.39, 0.29) is 6.42 Å². The predicted molar refractivity (Wildman–Crippen MR) is 79.4 cm³/mol. The zero-order chi connectivity index (χ0) is 17.9. The van der Waals surface area contributed by atoms with Crippen molar-refractivity contribution >= 4 is 23.8 Å². The minimum absolute atomic E-state index is 0.0386. The summed E-state index contributed by atoms with van der Waals surface area (Å²) < 4.78 is 14.6. The van der Waals surface area contributed by atoms with E-state index in [2.05, 4.69) is 0 Å². The Morgan fingerprint density at radius 3 is 2.21 bits per heavy atom.